The zero-order chi connectivity index (χ0) is 34.0. The molecule has 0 bridgehead atoms. The van der Waals surface area contributed by atoms with Gasteiger partial charge in [0.05, 0.1) is 17.5 Å². The standard InChI is InChI=1S/C29H32FN5O4.3C2H6/c1-17-8-11-24(23(30)12-17)35(16-36)27-25(29(39)32(3)20-9-10-20)26(18(2)28(38)33(27)4)31-19-6-5-7-21(13-19)34-14-22(37)15-34;3*1-2/h5-8,11-13,16,20,22,31,37H,9-10,14-15H2,1-4H3;3*1-2H3. The van der Waals surface area contributed by atoms with E-state index in [1.54, 1.807) is 31.9 Å². The van der Waals surface area contributed by atoms with Crippen LogP contribution in [0.25, 0.3) is 0 Å². The van der Waals surface area contributed by atoms with E-state index in [0.717, 1.165) is 23.4 Å². The van der Waals surface area contributed by atoms with E-state index >= 15 is 4.39 Å². The topological polar surface area (TPSA) is 98.1 Å². The highest BCUT2D eigenvalue weighted by Gasteiger charge is 2.36. The Balaban J connectivity index is 0.00000111. The molecule has 0 unspecified atom stereocenters. The summed E-state index contributed by atoms with van der Waals surface area (Å²) in [7, 11) is 3.17. The first-order valence-electron chi connectivity index (χ1n) is 15.9. The van der Waals surface area contributed by atoms with Crippen LogP contribution in [0, 0.1) is 19.7 Å². The number of pyridine rings is 1. The Labute approximate surface area is 267 Å². The lowest BCUT2D eigenvalue weighted by atomic mass is 10.1. The van der Waals surface area contributed by atoms with Gasteiger partial charge in [0.15, 0.2) is 0 Å². The Morgan fingerprint density at radius 3 is 2.18 bits per heavy atom. The summed E-state index contributed by atoms with van der Waals surface area (Å²) < 4.78 is 16.3. The van der Waals surface area contributed by atoms with Gasteiger partial charge in [-0.1, -0.05) is 53.7 Å². The number of halogens is 1. The maximum Gasteiger partial charge on any atom is 0.259 e. The van der Waals surface area contributed by atoms with Gasteiger partial charge in [-0.2, -0.15) is 0 Å². The third-order valence-corrected chi connectivity index (χ3v) is 7.46. The minimum absolute atomic E-state index is 0.0228. The van der Waals surface area contributed by atoms with Crippen molar-refractivity contribution in [3.63, 3.8) is 0 Å². The number of hydrogen-bond donors (Lipinski definition) is 2. The molecular weight excluding hydrogens is 573 g/mol. The predicted molar refractivity (Wildman–Crippen MR) is 183 cm³/mol. The lowest BCUT2D eigenvalue weighted by molar-refractivity contribution is -0.106. The summed E-state index contributed by atoms with van der Waals surface area (Å²) in [4.78, 5) is 44.7. The molecule has 0 radical (unpaired) electrons. The van der Waals surface area contributed by atoms with E-state index < -0.39 is 11.4 Å². The van der Waals surface area contributed by atoms with Crippen LogP contribution >= 0.6 is 0 Å². The molecule has 1 aliphatic heterocycles. The van der Waals surface area contributed by atoms with Crippen LogP contribution in [0.3, 0.4) is 0 Å². The van der Waals surface area contributed by atoms with Gasteiger partial charge in [0.2, 0.25) is 6.41 Å². The number of aliphatic hydroxyl groups excluding tert-OH is 1. The average Bonchev–Trinajstić information content (AvgIpc) is 3.90. The molecule has 2 amide bonds. The molecule has 1 aliphatic carbocycles. The Morgan fingerprint density at radius 2 is 1.64 bits per heavy atom. The molecular formula is C35H50FN5O4. The van der Waals surface area contributed by atoms with Crippen LogP contribution in [0.5, 0.6) is 0 Å². The first kappa shape index (κ1) is 37.0. The molecule has 9 nitrogen and oxygen atoms in total. The first-order chi connectivity index (χ1) is 21.6. The van der Waals surface area contributed by atoms with E-state index in [1.165, 1.54) is 23.7 Å². The molecule has 246 valence electrons. The summed E-state index contributed by atoms with van der Waals surface area (Å²) >= 11 is 0. The zero-order valence-corrected chi connectivity index (χ0v) is 28.4. The van der Waals surface area contributed by atoms with Crippen LogP contribution in [0.15, 0.2) is 47.3 Å². The number of carbonyl (C=O) groups excluding carboxylic acids is 2. The van der Waals surface area contributed by atoms with Crippen molar-refractivity contribution in [2.24, 2.45) is 7.05 Å². The van der Waals surface area contributed by atoms with Crippen LogP contribution < -0.4 is 20.7 Å². The van der Waals surface area contributed by atoms with Crippen LogP contribution in [0.2, 0.25) is 0 Å². The predicted octanol–water partition coefficient (Wildman–Crippen LogP) is 6.67. The van der Waals surface area contributed by atoms with Crippen LogP contribution in [-0.2, 0) is 11.8 Å². The number of aryl methyl sites for hydroxylation is 1. The summed E-state index contributed by atoms with van der Waals surface area (Å²) in [6, 6.07) is 11.9. The minimum Gasteiger partial charge on any atom is -0.389 e. The fraction of sp³-hybridized carbons (Fsp3) is 0.457. The molecule has 2 N–H and O–H groups in total. The smallest absolute Gasteiger partial charge is 0.259 e. The molecule has 1 saturated carbocycles. The van der Waals surface area contributed by atoms with Gasteiger partial charge < -0.3 is 20.2 Å². The molecule has 0 spiro atoms. The van der Waals surface area contributed by atoms with E-state index in [1.807, 2.05) is 70.7 Å². The summed E-state index contributed by atoms with van der Waals surface area (Å²) in [5.41, 5.74) is 2.31. The van der Waals surface area contributed by atoms with E-state index in [0.29, 0.717) is 30.8 Å². The Kier molecular flexibility index (Phi) is 13.8. The SMILES string of the molecule is CC.CC.CC.Cc1ccc(N(C=O)c2c(C(=O)N(C)C3CC3)c(Nc3cccc(N4CC(O)C4)c3)c(C)c(=O)n2C)c(F)c1. The number of aromatic nitrogens is 1. The van der Waals surface area contributed by atoms with Crippen molar-refractivity contribution in [1.82, 2.24) is 9.47 Å². The maximum atomic E-state index is 15.1. The maximum absolute atomic E-state index is 15.1. The molecule has 0 atom stereocenters. The molecule has 3 aromatic rings. The first-order valence-corrected chi connectivity index (χ1v) is 15.9. The Morgan fingerprint density at radius 1 is 1.02 bits per heavy atom. The number of β-amino-alcohol motifs (C(OH)–C–C–N with tert-alkyl or cyclic N) is 1. The van der Waals surface area contributed by atoms with Gasteiger partial charge in [-0.15, -0.1) is 0 Å². The third kappa shape index (κ3) is 8.11. The third-order valence-electron chi connectivity index (χ3n) is 7.46. The van der Waals surface area contributed by atoms with E-state index in [4.69, 9.17) is 0 Å². The van der Waals surface area contributed by atoms with E-state index in [9.17, 15) is 19.5 Å². The average molecular weight is 624 g/mol. The number of benzene rings is 2. The number of aliphatic hydroxyl groups is 1. The van der Waals surface area contributed by atoms with Gasteiger partial charge in [0, 0.05) is 50.2 Å². The summed E-state index contributed by atoms with van der Waals surface area (Å²) in [5.74, 6) is -1.05. The molecule has 2 aliphatic rings. The monoisotopic (exact) mass is 623 g/mol. The van der Waals surface area contributed by atoms with Gasteiger partial charge in [-0.05, 0) is 62.6 Å². The number of amides is 2. The Hall–Kier alpha value is -4.18. The summed E-state index contributed by atoms with van der Waals surface area (Å²) in [6.45, 7) is 16.4. The van der Waals surface area contributed by atoms with E-state index in [2.05, 4.69) is 5.32 Å². The summed E-state index contributed by atoms with van der Waals surface area (Å²) in [6.07, 6.45) is 1.77. The fourth-order valence-corrected chi connectivity index (χ4v) is 4.99. The van der Waals surface area contributed by atoms with Crippen LogP contribution in [-0.4, -0.2) is 59.2 Å². The highest BCUT2D eigenvalue weighted by Crippen LogP contribution is 2.38. The van der Waals surface area contributed by atoms with Gasteiger partial charge in [-0.25, -0.2) is 4.39 Å². The number of hydrogen-bond acceptors (Lipinski definition) is 6. The van der Waals surface area contributed by atoms with Gasteiger partial charge >= 0.3 is 0 Å². The van der Waals surface area contributed by atoms with Crippen molar-refractivity contribution < 1.29 is 19.1 Å². The van der Waals surface area contributed by atoms with Gasteiger partial charge in [0.1, 0.15) is 17.2 Å². The number of nitrogens with one attached hydrogen (secondary N) is 1. The normalized spacial score (nSPS) is 13.5. The number of nitrogens with zero attached hydrogens (tertiary/aromatic N) is 4. The molecule has 10 heteroatoms. The van der Waals surface area contributed by atoms with E-state index in [-0.39, 0.29) is 46.4 Å². The lowest BCUT2D eigenvalue weighted by Gasteiger charge is -2.38. The lowest BCUT2D eigenvalue weighted by Crippen LogP contribution is -2.50. The summed E-state index contributed by atoms with van der Waals surface area (Å²) in [5, 5.41) is 13.0. The molecule has 1 aromatic heterocycles. The van der Waals surface area contributed by atoms with Crippen molar-refractivity contribution in [2.45, 2.75) is 80.4 Å². The molecule has 2 aromatic carbocycles. The van der Waals surface area contributed by atoms with Crippen molar-refractivity contribution in [3.05, 3.63) is 75.3 Å². The molecule has 1 saturated heterocycles. The molecule has 45 heavy (non-hydrogen) atoms. The van der Waals surface area contributed by atoms with Gasteiger partial charge in [-0.3, -0.25) is 23.9 Å². The number of anilines is 5. The second kappa shape index (κ2) is 16.8. The van der Waals surface area contributed by atoms with Crippen LogP contribution in [0.4, 0.5) is 33.0 Å². The second-order valence-electron chi connectivity index (χ2n) is 10.4. The van der Waals surface area contributed by atoms with Crippen molar-refractivity contribution >= 4 is 40.9 Å². The highest BCUT2D eigenvalue weighted by atomic mass is 19.1. The quantitative estimate of drug-likeness (QED) is 0.272. The molecule has 5 rings (SSSR count). The zero-order valence-electron chi connectivity index (χ0n) is 28.4. The second-order valence-corrected chi connectivity index (χ2v) is 10.4. The Bertz CT molecular complexity index is 1510. The van der Waals surface area contributed by atoms with Gasteiger partial charge in [0.25, 0.3) is 11.5 Å². The van der Waals surface area contributed by atoms with Crippen molar-refractivity contribution in [2.75, 3.05) is 35.3 Å². The molecule has 2 heterocycles. The minimum atomic E-state index is -0.650. The van der Waals surface area contributed by atoms with Crippen molar-refractivity contribution in [1.29, 1.82) is 0 Å². The highest BCUT2D eigenvalue weighted by molar-refractivity contribution is 6.08. The number of carbonyl (C=O) groups is 2. The largest absolute Gasteiger partial charge is 0.389 e. The number of rotatable bonds is 8. The molecule has 2 fully saturated rings. The fourth-order valence-electron chi connectivity index (χ4n) is 4.99. The van der Waals surface area contributed by atoms with Crippen molar-refractivity contribution in [3.8, 4) is 0 Å². The van der Waals surface area contributed by atoms with Crippen LogP contribution in [0.1, 0.15) is 75.9 Å².